The number of rotatable bonds is 4. The third kappa shape index (κ3) is 4.32. The lowest BCUT2D eigenvalue weighted by atomic mass is 9.63. The van der Waals surface area contributed by atoms with E-state index in [1.807, 2.05) is 42.5 Å². The first kappa shape index (κ1) is 24.2. The van der Waals surface area contributed by atoms with Crippen LogP contribution in [0.1, 0.15) is 80.8 Å². The minimum absolute atomic E-state index is 0.116. The Morgan fingerprint density at radius 2 is 1.31 bits per heavy atom. The van der Waals surface area contributed by atoms with Crippen molar-refractivity contribution >= 4 is 17.5 Å². The van der Waals surface area contributed by atoms with E-state index in [2.05, 4.69) is 32.6 Å². The van der Waals surface area contributed by atoms with Crippen LogP contribution in [0.25, 0.3) is 0 Å². The van der Waals surface area contributed by atoms with Crippen molar-refractivity contribution in [3.05, 3.63) is 93.8 Å². The van der Waals surface area contributed by atoms with Crippen LogP contribution in [0.5, 0.6) is 0 Å². The summed E-state index contributed by atoms with van der Waals surface area (Å²) in [6, 6.07) is 16.9. The Morgan fingerprint density at radius 1 is 0.806 bits per heavy atom. The fraction of sp³-hybridized carbons (Fsp3) is 0.387. The number of carboxylic acids is 1. The van der Waals surface area contributed by atoms with Gasteiger partial charge in [0, 0.05) is 47.8 Å². The number of Topliss-reactive ketones (excluding diaryl/α,β-unsaturated/α-hetero) is 2. The van der Waals surface area contributed by atoms with Crippen molar-refractivity contribution in [2.45, 2.75) is 65.8 Å². The molecular weight excluding hydrogens is 450 g/mol. The maximum absolute atomic E-state index is 13.8. The van der Waals surface area contributed by atoms with Gasteiger partial charge in [0.2, 0.25) is 0 Å². The van der Waals surface area contributed by atoms with E-state index in [1.54, 1.807) is 12.1 Å². The summed E-state index contributed by atoms with van der Waals surface area (Å²) in [5.74, 6) is -1.07. The highest BCUT2D eigenvalue weighted by molar-refractivity contribution is 6.06. The molecule has 2 aliphatic carbocycles. The molecule has 186 valence electrons. The van der Waals surface area contributed by atoms with E-state index in [4.69, 9.17) is 0 Å². The smallest absolute Gasteiger partial charge is 0.335 e. The molecule has 1 N–H and O–H groups in total. The highest BCUT2D eigenvalue weighted by Gasteiger charge is 2.48. The molecule has 5 heteroatoms. The maximum atomic E-state index is 13.8. The first-order chi connectivity index (χ1) is 17.0. The zero-order valence-electron chi connectivity index (χ0n) is 21.4. The van der Waals surface area contributed by atoms with Crippen LogP contribution in [-0.2, 0) is 16.1 Å². The van der Waals surface area contributed by atoms with Crippen LogP contribution >= 0.6 is 0 Å². The molecule has 0 saturated heterocycles. The van der Waals surface area contributed by atoms with Crippen LogP contribution in [0.15, 0.2) is 77.1 Å². The second kappa shape index (κ2) is 8.58. The molecule has 1 aliphatic heterocycles. The molecule has 3 aliphatic rings. The normalized spacial score (nSPS) is 21.4. The highest BCUT2D eigenvalue weighted by atomic mass is 16.4. The van der Waals surface area contributed by atoms with Gasteiger partial charge in [0.15, 0.2) is 11.6 Å². The molecule has 0 amide bonds. The van der Waals surface area contributed by atoms with Crippen LogP contribution in [0.4, 0.5) is 0 Å². The van der Waals surface area contributed by atoms with Gasteiger partial charge in [-0.2, -0.15) is 0 Å². The third-order valence-electron chi connectivity index (χ3n) is 7.70. The molecule has 0 saturated carbocycles. The SMILES string of the molecule is CC1(C)CC(=O)C2=C(C1)N(Cc1ccc(C(=O)O)cc1)C1=C(C(=O)CC(C)(C)C1)C2c1ccccc1. The number of carbonyl (C=O) groups is 3. The number of hydrogen-bond donors (Lipinski definition) is 1. The molecule has 0 fully saturated rings. The lowest BCUT2D eigenvalue weighted by Gasteiger charge is -2.49. The van der Waals surface area contributed by atoms with Crippen LogP contribution in [-0.4, -0.2) is 27.5 Å². The largest absolute Gasteiger partial charge is 0.478 e. The van der Waals surface area contributed by atoms with E-state index >= 15 is 0 Å². The summed E-state index contributed by atoms with van der Waals surface area (Å²) < 4.78 is 0. The number of ketones is 2. The van der Waals surface area contributed by atoms with Crippen molar-refractivity contribution in [1.82, 2.24) is 4.90 Å². The number of carbonyl (C=O) groups excluding carboxylic acids is 2. The second-order valence-electron chi connectivity index (χ2n) is 12.0. The molecule has 36 heavy (non-hydrogen) atoms. The first-order valence-corrected chi connectivity index (χ1v) is 12.6. The summed E-state index contributed by atoms with van der Waals surface area (Å²) in [5, 5.41) is 9.32. The predicted octanol–water partition coefficient (Wildman–Crippen LogP) is 6.27. The van der Waals surface area contributed by atoms with Gasteiger partial charge in [-0.1, -0.05) is 70.2 Å². The topological polar surface area (TPSA) is 74.7 Å². The van der Waals surface area contributed by atoms with Gasteiger partial charge in [0.1, 0.15) is 0 Å². The van der Waals surface area contributed by atoms with E-state index in [1.165, 1.54) is 0 Å². The Kier molecular flexibility index (Phi) is 5.77. The summed E-state index contributed by atoms with van der Waals surface area (Å²) in [7, 11) is 0. The van der Waals surface area contributed by atoms with Crippen molar-refractivity contribution in [3.8, 4) is 0 Å². The van der Waals surface area contributed by atoms with Crippen molar-refractivity contribution in [2.24, 2.45) is 10.8 Å². The summed E-state index contributed by atoms with van der Waals surface area (Å²) >= 11 is 0. The summed E-state index contributed by atoms with van der Waals surface area (Å²) in [6.07, 6.45) is 2.41. The Labute approximate surface area is 212 Å². The summed E-state index contributed by atoms with van der Waals surface area (Å²) in [6.45, 7) is 9.02. The maximum Gasteiger partial charge on any atom is 0.335 e. The Balaban J connectivity index is 1.71. The van der Waals surface area contributed by atoms with Gasteiger partial charge >= 0.3 is 5.97 Å². The lowest BCUT2D eigenvalue weighted by Crippen LogP contribution is -2.44. The molecule has 2 aromatic carbocycles. The molecule has 5 rings (SSSR count). The molecular formula is C31H33NO4. The molecule has 5 nitrogen and oxygen atoms in total. The van der Waals surface area contributed by atoms with E-state index in [-0.39, 0.29) is 33.9 Å². The number of carboxylic acid groups (broad SMARTS) is 1. The molecule has 0 unspecified atom stereocenters. The lowest BCUT2D eigenvalue weighted by molar-refractivity contribution is -0.119. The molecule has 2 aromatic rings. The number of nitrogens with zero attached hydrogens (tertiary/aromatic N) is 1. The molecule has 0 atom stereocenters. The van der Waals surface area contributed by atoms with Gasteiger partial charge in [-0.3, -0.25) is 9.59 Å². The zero-order valence-corrected chi connectivity index (χ0v) is 21.4. The second-order valence-corrected chi connectivity index (χ2v) is 12.0. The molecule has 1 heterocycles. The van der Waals surface area contributed by atoms with Gasteiger partial charge in [-0.25, -0.2) is 4.79 Å². The molecule has 0 spiro atoms. The first-order valence-electron chi connectivity index (χ1n) is 12.6. The van der Waals surface area contributed by atoms with Gasteiger partial charge in [-0.05, 0) is 46.9 Å². The van der Waals surface area contributed by atoms with E-state index in [0.29, 0.717) is 19.4 Å². The quantitative estimate of drug-likeness (QED) is 0.555. The standard InChI is InChI=1S/C31H33NO4/c1-30(2)14-22-27(24(33)16-30)26(20-8-6-5-7-9-20)28-23(15-31(3,4)17-25(28)34)32(22)18-19-10-12-21(13-11-19)29(35)36/h5-13,26H,14-18H2,1-4H3,(H,35,36). The van der Waals surface area contributed by atoms with Crippen molar-refractivity contribution in [3.63, 3.8) is 0 Å². The molecule has 0 bridgehead atoms. The number of aromatic carboxylic acids is 1. The fourth-order valence-electron chi connectivity index (χ4n) is 6.15. The molecule has 0 radical (unpaired) electrons. The van der Waals surface area contributed by atoms with Gasteiger partial charge in [-0.15, -0.1) is 0 Å². The monoisotopic (exact) mass is 483 g/mol. The molecule has 0 aromatic heterocycles. The minimum Gasteiger partial charge on any atom is -0.478 e. The third-order valence-corrected chi connectivity index (χ3v) is 7.70. The average Bonchev–Trinajstić information content (AvgIpc) is 2.79. The summed E-state index contributed by atoms with van der Waals surface area (Å²) in [5.41, 5.74) is 5.35. The van der Waals surface area contributed by atoms with E-state index in [0.717, 1.165) is 46.5 Å². The number of hydrogen-bond acceptors (Lipinski definition) is 4. The van der Waals surface area contributed by atoms with Crippen molar-refractivity contribution < 1.29 is 19.5 Å². The Hall–Kier alpha value is -3.47. The highest BCUT2D eigenvalue weighted by Crippen LogP contribution is 2.54. The van der Waals surface area contributed by atoms with Crippen molar-refractivity contribution in [2.75, 3.05) is 0 Å². The van der Waals surface area contributed by atoms with Gasteiger partial charge in [0.25, 0.3) is 0 Å². The average molecular weight is 484 g/mol. The Bertz CT molecular complexity index is 1260. The zero-order chi connectivity index (χ0) is 25.8. The van der Waals surface area contributed by atoms with Crippen LogP contribution in [0, 0.1) is 10.8 Å². The summed E-state index contributed by atoms with van der Waals surface area (Å²) in [4.78, 5) is 41.1. The Morgan fingerprint density at radius 3 is 1.78 bits per heavy atom. The fourth-order valence-corrected chi connectivity index (χ4v) is 6.15. The van der Waals surface area contributed by atoms with Crippen molar-refractivity contribution in [1.29, 1.82) is 0 Å². The number of allylic oxidation sites excluding steroid dienone is 4. The predicted molar refractivity (Wildman–Crippen MR) is 138 cm³/mol. The minimum atomic E-state index is -0.959. The van der Waals surface area contributed by atoms with Gasteiger partial charge in [0.05, 0.1) is 5.56 Å². The van der Waals surface area contributed by atoms with E-state index in [9.17, 15) is 19.5 Å². The van der Waals surface area contributed by atoms with E-state index < -0.39 is 5.97 Å². The van der Waals surface area contributed by atoms with Crippen LogP contribution < -0.4 is 0 Å². The number of benzene rings is 2. The van der Waals surface area contributed by atoms with Crippen LogP contribution in [0.2, 0.25) is 0 Å². The van der Waals surface area contributed by atoms with Crippen LogP contribution in [0.3, 0.4) is 0 Å². The van der Waals surface area contributed by atoms with Gasteiger partial charge < -0.3 is 10.0 Å².